The third kappa shape index (κ3) is 3.22. The Bertz CT molecular complexity index is 807. The SMILES string of the molecule is Cc1cc(/C=C/c2ccccc2)c2c(C)ccc(C(C)C)cc1-2. The van der Waals surface area contributed by atoms with Gasteiger partial charge < -0.3 is 0 Å². The normalized spacial score (nSPS) is 11.7. The molecule has 0 nitrogen and oxygen atoms in total. The van der Waals surface area contributed by atoms with Crippen LogP contribution in [0, 0.1) is 13.8 Å². The molecule has 116 valence electrons. The molecule has 23 heavy (non-hydrogen) atoms. The molecule has 0 radical (unpaired) electrons. The van der Waals surface area contributed by atoms with Gasteiger partial charge in [-0.1, -0.05) is 80.6 Å². The van der Waals surface area contributed by atoms with Crippen molar-refractivity contribution in [2.75, 3.05) is 0 Å². The summed E-state index contributed by atoms with van der Waals surface area (Å²) >= 11 is 0. The number of benzene rings is 1. The lowest BCUT2D eigenvalue weighted by molar-refractivity contribution is 0.868. The van der Waals surface area contributed by atoms with Gasteiger partial charge in [-0.05, 0) is 58.7 Å². The molecule has 3 rings (SSSR count). The van der Waals surface area contributed by atoms with Gasteiger partial charge in [-0.3, -0.25) is 0 Å². The van der Waals surface area contributed by atoms with Crippen molar-refractivity contribution in [3.8, 4) is 11.1 Å². The molecule has 0 spiro atoms. The predicted octanol–water partition coefficient (Wildman–Crippen LogP) is 6.70. The maximum Gasteiger partial charge on any atom is -0.00793 e. The van der Waals surface area contributed by atoms with Crippen molar-refractivity contribution >= 4 is 12.2 Å². The molecule has 0 aromatic heterocycles. The lowest BCUT2D eigenvalue weighted by Crippen LogP contribution is -1.84. The molecule has 0 bridgehead atoms. The lowest BCUT2D eigenvalue weighted by atomic mass is 10.0. The summed E-state index contributed by atoms with van der Waals surface area (Å²) < 4.78 is 0. The first kappa shape index (κ1) is 15.6. The standard InChI is InChI=1S/C23H24/c1-16(2)20-12-10-17(3)23-21(14-18(4)22(23)15-20)13-11-19-8-6-5-7-9-19/h5-16H,1-4H3/b13-11+. The Balaban J connectivity index is 2.09. The fourth-order valence-corrected chi connectivity index (χ4v) is 3.12. The van der Waals surface area contributed by atoms with Gasteiger partial charge in [0.05, 0.1) is 0 Å². The van der Waals surface area contributed by atoms with Gasteiger partial charge in [0, 0.05) is 0 Å². The van der Waals surface area contributed by atoms with E-state index in [-0.39, 0.29) is 0 Å². The largest absolute Gasteiger partial charge is 0.0622 e. The zero-order valence-corrected chi connectivity index (χ0v) is 14.4. The molecule has 0 saturated heterocycles. The molecule has 0 atom stereocenters. The fraction of sp³-hybridized carbons (Fsp3) is 0.217. The Labute approximate surface area is 139 Å². The second-order valence-corrected chi connectivity index (χ2v) is 6.63. The van der Waals surface area contributed by atoms with Crippen molar-refractivity contribution in [3.63, 3.8) is 0 Å². The number of hydrogen-bond acceptors (Lipinski definition) is 0. The van der Waals surface area contributed by atoms with E-state index < -0.39 is 0 Å². The Morgan fingerprint density at radius 3 is 2.22 bits per heavy atom. The minimum Gasteiger partial charge on any atom is -0.0622 e. The Kier molecular flexibility index (Phi) is 4.34. The molecule has 0 heteroatoms. The molecule has 0 aliphatic heterocycles. The monoisotopic (exact) mass is 300 g/mol. The number of hydrogen-bond donors (Lipinski definition) is 0. The molecule has 2 aliphatic rings. The summed E-state index contributed by atoms with van der Waals surface area (Å²) in [6, 6.07) is 19.7. The smallest absolute Gasteiger partial charge is 0.00793 e. The molecular formula is C23H24. The van der Waals surface area contributed by atoms with Crippen LogP contribution in [-0.2, 0) is 0 Å². The van der Waals surface area contributed by atoms with Crippen molar-refractivity contribution in [1.29, 1.82) is 0 Å². The highest BCUT2D eigenvalue weighted by molar-refractivity contribution is 5.87. The van der Waals surface area contributed by atoms with Crippen LogP contribution in [0.1, 0.15) is 47.6 Å². The summed E-state index contributed by atoms with van der Waals surface area (Å²) in [5.74, 6) is 0.544. The van der Waals surface area contributed by atoms with Gasteiger partial charge in [-0.15, -0.1) is 0 Å². The van der Waals surface area contributed by atoms with Crippen molar-refractivity contribution in [3.05, 3.63) is 82.4 Å². The van der Waals surface area contributed by atoms with Gasteiger partial charge in [-0.2, -0.15) is 0 Å². The highest BCUT2D eigenvalue weighted by Gasteiger charge is 2.14. The van der Waals surface area contributed by atoms with Gasteiger partial charge in [0.15, 0.2) is 0 Å². The van der Waals surface area contributed by atoms with Crippen molar-refractivity contribution < 1.29 is 0 Å². The van der Waals surface area contributed by atoms with Crippen LogP contribution in [0.15, 0.2) is 54.6 Å². The van der Waals surface area contributed by atoms with Gasteiger partial charge in [0.25, 0.3) is 0 Å². The third-order valence-corrected chi connectivity index (χ3v) is 4.51. The van der Waals surface area contributed by atoms with Crippen LogP contribution in [0.3, 0.4) is 0 Å². The van der Waals surface area contributed by atoms with Gasteiger partial charge >= 0.3 is 0 Å². The number of fused-ring (bicyclic) bond motifs is 1. The van der Waals surface area contributed by atoms with E-state index in [1.54, 1.807) is 0 Å². The summed E-state index contributed by atoms with van der Waals surface area (Å²) in [5, 5.41) is 0. The summed E-state index contributed by atoms with van der Waals surface area (Å²) in [5.41, 5.74) is 9.40. The van der Waals surface area contributed by atoms with Crippen molar-refractivity contribution in [2.24, 2.45) is 0 Å². The summed E-state index contributed by atoms with van der Waals surface area (Å²) in [6.07, 6.45) is 4.44. The molecular weight excluding hydrogens is 276 g/mol. The van der Waals surface area contributed by atoms with Crippen LogP contribution in [0.25, 0.3) is 23.3 Å². The van der Waals surface area contributed by atoms with Gasteiger partial charge in [0.1, 0.15) is 0 Å². The lowest BCUT2D eigenvalue weighted by Gasteiger charge is -2.04. The fourth-order valence-electron chi connectivity index (χ4n) is 3.12. The molecule has 1 aromatic carbocycles. The van der Waals surface area contributed by atoms with E-state index in [0.29, 0.717) is 5.92 Å². The van der Waals surface area contributed by atoms with Crippen LogP contribution >= 0.6 is 0 Å². The first-order chi connectivity index (χ1) is 11.1. The topological polar surface area (TPSA) is 0 Å². The zero-order chi connectivity index (χ0) is 16.4. The zero-order valence-electron chi connectivity index (χ0n) is 14.4. The van der Waals surface area contributed by atoms with E-state index >= 15 is 0 Å². The molecule has 0 N–H and O–H groups in total. The highest BCUT2D eigenvalue weighted by Crippen LogP contribution is 2.37. The van der Waals surface area contributed by atoms with Crippen LogP contribution in [-0.4, -0.2) is 0 Å². The molecule has 0 amide bonds. The summed E-state index contributed by atoms with van der Waals surface area (Å²) in [7, 11) is 0. The second kappa shape index (κ2) is 6.42. The van der Waals surface area contributed by atoms with Crippen molar-refractivity contribution in [2.45, 2.75) is 33.6 Å². The van der Waals surface area contributed by atoms with Gasteiger partial charge in [-0.25, -0.2) is 0 Å². The third-order valence-electron chi connectivity index (χ3n) is 4.51. The van der Waals surface area contributed by atoms with Crippen LogP contribution < -0.4 is 0 Å². The van der Waals surface area contributed by atoms with E-state index in [1.807, 2.05) is 0 Å². The number of rotatable bonds is 3. The molecule has 2 aliphatic carbocycles. The molecule has 0 heterocycles. The van der Waals surface area contributed by atoms with E-state index in [9.17, 15) is 0 Å². The van der Waals surface area contributed by atoms with Crippen LogP contribution in [0.2, 0.25) is 0 Å². The minimum absolute atomic E-state index is 0.544. The average molecular weight is 300 g/mol. The first-order valence-electron chi connectivity index (χ1n) is 8.33. The molecule has 0 fully saturated rings. The molecule has 1 aromatic rings. The molecule has 0 unspecified atom stereocenters. The van der Waals surface area contributed by atoms with E-state index in [1.165, 1.54) is 38.9 Å². The minimum atomic E-state index is 0.544. The van der Waals surface area contributed by atoms with E-state index in [2.05, 4.69) is 94.4 Å². The second-order valence-electron chi connectivity index (χ2n) is 6.63. The highest BCUT2D eigenvalue weighted by atomic mass is 14.2. The maximum absolute atomic E-state index is 2.36. The summed E-state index contributed by atoms with van der Waals surface area (Å²) in [4.78, 5) is 0. The van der Waals surface area contributed by atoms with Gasteiger partial charge in [0.2, 0.25) is 0 Å². The molecule has 0 saturated carbocycles. The Hall–Kier alpha value is -2.34. The summed E-state index contributed by atoms with van der Waals surface area (Å²) in [6.45, 7) is 8.94. The first-order valence-corrected chi connectivity index (χ1v) is 8.33. The van der Waals surface area contributed by atoms with Crippen molar-refractivity contribution in [1.82, 2.24) is 0 Å². The van der Waals surface area contributed by atoms with E-state index in [4.69, 9.17) is 0 Å². The number of aryl methyl sites for hydroxylation is 2. The Morgan fingerprint density at radius 1 is 0.783 bits per heavy atom. The van der Waals surface area contributed by atoms with Crippen LogP contribution in [0.5, 0.6) is 0 Å². The quantitative estimate of drug-likeness (QED) is 0.504. The predicted molar refractivity (Wildman–Crippen MR) is 102 cm³/mol. The Morgan fingerprint density at radius 2 is 1.52 bits per heavy atom. The average Bonchev–Trinajstić information content (AvgIpc) is 2.73. The van der Waals surface area contributed by atoms with E-state index in [0.717, 1.165) is 0 Å². The van der Waals surface area contributed by atoms with Crippen LogP contribution in [0.4, 0.5) is 0 Å². The maximum atomic E-state index is 2.36.